The second kappa shape index (κ2) is 7.76. The minimum absolute atomic E-state index is 0.0528. The van der Waals surface area contributed by atoms with Gasteiger partial charge in [-0.05, 0) is 36.5 Å². The number of sulfonamides is 1. The number of aliphatic hydroxyl groups excluding tert-OH is 1. The van der Waals surface area contributed by atoms with E-state index in [2.05, 4.69) is 11.6 Å². The van der Waals surface area contributed by atoms with Gasteiger partial charge in [-0.3, -0.25) is 0 Å². The van der Waals surface area contributed by atoms with Crippen LogP contribution in [0.4, 0.5) is 0 Å². The fourth-order valence-corrected chi connectivity index (χ4v) is 3.11. The van der Waals surface area contributed by atoms with Crippen LogP contribution in [-0.4, -0.2) is 26.2 Å². The summed E-state index contributed by atoms with van der Waals surface area (Å²) in [5.74, 6) is 0.336. The molecule has 0 aromatic heterocycles. The van der Waals surface area contributed by atoms with Gasteiger partial charge in [0.05, 0.1) is 11.0 Å². The summed E-state index contributed by atoms with van der Waals surface area (Å²) in [7, 11) is -3.53. The fourth-order valence-electron chi connectivity index (χ4n) is 2.04. The summed E-state index contributed by atoms with van der Waals surface area (Å²) in [6.45, 7) is 6.12. The first-order valence-corrected chi connectivity index (χ1v) is 8.60. The maximum atomic E-state index is 12.1. The van der Waals surface area contributed by atoms with Gasteiger partial charge in [0.15, 0.2) is 0 Å². The summed E-state index contributed by atoms with van der Waals surface area (Å²) < 4.78 is 26.6. The molecular formula is C15H25NO3S. The van der Waals surface area contributed by atoms with Gasteiger partial charge in [0.2, 0.25) is 10.0 Å². The molecule has 0 spiro atoms. The first-order valence-electron chi connectivity index (χ1n) is 7.11. The molecule has 0 aliphatic rings. The van der Waals surface area contributed by atoms with E-state index in [4.69, 9.17) is 0 Å². The van der Waals surface area contributed by atoms with Gasteiger partial charge in [-0.25, -0.2) is 13.1 Å². The van der Waals surface area contributed by atoms with E-state index in [-0.39, 0.29) is 11.4 Å². The lowest BCUT2D eigenvalue weighted by atomic mass is 10.1. The van der Waals surface area contributed by atoms with Crippen LogP contribution in [0.15, 0.2) is 29.2 Å². The lowest BCUT2D eigenvalue weighted by Crippen LogP contribution is -2.32. The molecule has 0 bridgehead atoms. The number of hydrogen-bond acceptors (Lipinski definition) is 3. The average Bonchev–Trinajstić information content (AvgIpc) is 2.37. The Morgan fingerprint density at radius 2 is 1.80 bits per heavy atom. The molecule has 1 aromatic carbocycles. The average molecular weight is 299 g/mol. The zero-order valence-electron chi connectivity index (χ0n) is 12.5. The van der Waals surface area contributed by atoms with Crippen molar-refractivity contribution in [3.63, 3.8) is 0 Å². The highest BCUT2D eigenvalue weighted by molar-refractivity contribution is 7.89. The van der Waals surface area contributed by atoms with Crippen LogP contribution in [0.25, 0.3) is 0 Å². The van der Waals surface area contributed by atoms with Crippen LogP contribution in [-0.2, 0) is 16.4 Å². The van der Waals surface area contributed by atoms with Gasteiger partial charge in [-0.15, -0.1) is 0 Å². The topological polar surface area (TPSA) is 66.4 Å². The van der Waals surface area contributed by atoms with Gasteiger partial charge in [-0.1, -0.05) is 39.3 Å². The maximum Gasteiger partial charge on any atom is 0.240 e. The molecule has 0 saturated carbocycles. The van der Waals surface area contributed by atoms with Crippen molar-refractivity contribution in [2.45, 2.75) is 51.0 Å². The second-order valence-electron chi connectivity index (χ2n) is 5.53. The van der Waals surface area contributed by atoms with E-state index in [1.54, 1.807) is 12.1 Å². The summed E-state index contributed by atoms with van der Waals surface area (Å²) in [6, 6.07) is 6.90. The fraction of sp³-hybridized carbons (Fsp3) is 0.600. The number of aliphatic hydroxyl groups is 1. The van der Waals surface area contributed by atoms with Crippen LogP contribution in [0.5, 0.6) is 0 Å². The summed E-state index contributed by atoms with van der Waals surface area (Å²) in [6.07, 6.45) is 1.91. The third-order valence-electron chi connectivity index (χ3n) is 3.02. The van der Waals surface area contributed by atoms with Crippen molar-refractivity contribution in [1.29, 1.82) is 0 Å². The van der Waals surface area contributed by atoms with E-state index in [9.17, 15) is 13.5 Å². The molecule has 1 rings (SSSR count). The minimum atomic E-state index is -3.53. The van der Waals surface area contributed by atoms with Crippen LogP contribution < -0.4 is 4.72 Å². The van der Waals surface area contributed by atoms with Crippen molar-refractivity contribution in [3.8, 4) is 0 Å². The molecule has 20 heavy (non-hydrogen) atoms. The highest BCUT2D eigenvalue weighted by atomic mass is 32.2. The van der Waals surface area contributed by atoms with Crippen molar-refractivity contribution in [3.05, 3.63) is 29.8 Å². The molecule has 0 saturated heterocycles. The predicted molar refractivity (Wildman–Crippen MR) is 81.1 cm³/mol. The second-order valence-corrected chi connectivity index (χ2v) is 7.30. The Kier molecular flexibility index (Phi) is 6.65. The van der Waals surface area contributed by atoms with Crippen molar-refractivity contribution >= 4 is 10.0 Å². The molecule has 114 valence electrons. The highest BCUT2D eigenvalue weighted by Gasteiger charge is 2.16. The minimum Gasteiger partial charge on any atom is -0.392 e. The van der Waals surface area contributed by atoms with Crippen molar-refractivity contribution in [1.82, 2.24) is 4.72 Å². The van der Waals surface area contributed by atoms with Crippen LogP contribution in [0, 0.1) is 5.92 Å². The van der Waals surface area contributed by atoms with E-state index < -0.39 is 16.1 Å². The van der Waals surface area contributed by atoms with Gasteiger partial charge >= 0.3 is 0 Å². The van der Waals surface area contributed by atoms with Gasteiger partial charge in [0.1, 0.15) is 0 Å². The van der Waals surface area contributed by atoms with E-state index in [1.165, 1.54) is 0 Å². The molecule has 4 nitrogen and oxygen atoms in total. The Balaban J connectivity index is 2.64. The lowest BCUT2D eigenvalue weighted by molar-refractivity contribution is 0.152. The van der Waals surface area contributed by atoms with Gasteiger partial charge in [-0.2, -0.15) is 0 Å². The molecule has 0 radical (unpaired) electrons. The van der Waals surface area contributed by atoms with Gasteiger partial charge in [0.25, 0.3) is 0 Å². The van der Waals surface area contributed by atoms with Crippen LogP contribution in [0.3, 0.4) is 0 Å². The summed E-state index contributed by atoms with van der Waals surface area (Å²) in [4.78, 5) is 0.245. The van der Waals surface area contributed by atoms with E-state index in [0.29, 0.717) is 12.3 Å². The Morgan fingerprint density at radius 1 is 1.20 bits per heavy atom. The third-order valence-corrected chi connectivity index (χ3v) is 4.46. The SMILES string of the molecule is CCCc1ccc(S(=O)(=O)NCC(O)CC(C)C)cc1. The third kappa shape index (κ3) is 5.61. The van der Waals surface area contributed by atoms with Gasteiger partial charge < -0.3 is 5.11 Å². The summed E-state index contributed by atoms with van der Waals surface area (Å²) >= 11 is 0. The number of benzene rings is 1. The Labute approximate surface area is 122 Å². The molecule has 0 heterocycles. The molecular weight excluding hydrogens is 274 g/mol. The summed E-state index contributed by atoms with van der Waals surface area (Å²) in [5.41, 5.74) is 1.13. The Hall–Kier alpha value is -0.910. The molecule has 1 unspecified atom stereocenters. The smallest absolute Gasteiger partial charge is 0.240 e. The Morgan fingerprint density at radius 3 is 2.30 bits per heavy atom. The van der Waals surface area contributed by atoms with Gasteiger partial charge in [0, 0.05) is 6.54 Å². The van der Waals surface area contributed by atoms with E-state index in [0.717, 1.165) is 18.4 Å². The van der Waals surface area contributed by atoms with Crippen molar-refractivity contribution in [2.75, 3.05) is 6.54 Å². The predicted octanol–water partition coefficient (Wildman–Crippen LogP) is 2.32. The highest BCUT2D eigenvalue weighted by Crippen LogP contribution is 2.12. The molecule has 5 heteroatoms. The molecule has 0 fully saturated rings. The zero-order chi connectivity index (χ0) is 15.2. The number of hydrogen-bond donors (Lipinski definition) is 2. The van der Waals surface area contributed by atoms with E-state index >= 15 is 0 Å². The number of aryl methyl sites for hydroxylation is 1. The lowest BCUT2D eigenvalue weighted by Gasteiger charge is -2.14. The molecule has 0 aliphatic carbocycles. The molecule has 1 aromatic rings. The molecule has 0 amide bonds. The van der Waals surface area contributed by atoms with Crippen LogP contribution in [0.2, 0.25) is 0 Å². The summed E-state index contributed by atoms with van der Waals surface area (Å²) in [5, 5.41) is 9.72. The van der Waals surface area contributed by atoms with E-state index in [1.807, 2.05) is 26.0 Å². The van der Waals surface area contributed by atoms with Crippen LogP contribution in [0.1, 0.15) is 39.2 Å². The largest absolute Gasteiger partial charge is 0.392 e. The van der Waals surface area contributed by atoms with Crippen molar-refractivity contribution in [2.24, 2.45) is 5.92 Å². The standard InChI is InChI=1S/C15H25NO3S/c1-4-5-13-6-8-15(9-7-13)20(18,19)16-11-14(17)10-12(2)3/h6-9,12,14,16-17H,4-5,10-11H2,1-3H3. The first-order chi connectivity index (χ1) is 9.35. The molecule has 1 atom stereocenters. The maximum absolute atomic E-state index is 12.1. The molecule has 0 aliphatic heterocycles. The monoisotopic (exact) mass is 299 g/mol. The Bertz CT molecular complexity index is 494. The normalized spacial score (nSPS) is 13.7. The van der Waals surface area contributed by atoms with Crippen LogP contribution >= 0.6 is 0 Å². The zero-order valence-corrected chi connectivity index (χ0v) is 13.3. The number of nitrogens with one attached hydrogen (secondary N) is 1. The quantitative estimate of drug-likeness (QED) is 0.774. The number of rotatable bonds is 8. The van der Waals surface area contributed by atoms with Crippen molar-refractivity contribution < 1.29 is 13.5 Å². The first kappa shape index (κ1) is 17.1. The molecule has 2 N–H and O–H groups in total.